The summed E-state index contributed by atoms with van der Waals surface area (Å²) >= 11 is 0. The van der Waals surface area contributed by atoms with E-state index in [1.165, 1.54) is 6.07 Å². The van der Waals surface area contributed by atoms with E-state index < -0.39 is 17.3 Å². The second-order valence-corrected chi connectivity index (χ2v) is 6.84. The zero-order valence-corrected chi connectivity index (χ0v) is 14.3. The molecular weight excluding hydrogens is 315 g/mol. The summed E-state index contributed by atoms with van der Waals surface area (Å²) < 4.78 is 39.9. The molecule has 0 radical (unpaired) electrons. The third-order valence-corrected chi connectivity index (χ3v) is 3.68. The first kappa shape index (κ1) is 18.3. The summed E-state index contributed by atoms with van der Waals surface area (Å²) in [5.74, 6) is 0.690. The predicted octanol–water partition coefficient (Wildman–Crippen LogP) is 5.63. The molecular formula is C19H22F3NO. The fourth-order valence-corrected chi connectivity index (χ4v) is 2.81. The summed E-state index contributed by atoms with van der Waals surface area (Å²) in [5, 5.41) is 0.0259. The Morgan fingerprint density at radius 3 is 2.38 bits per heavy atom. The molecule has 0 spiro atoms. The van der Waals surface area contributed by atoms with Gasteiger partial charge in [0.2, 0.25) is 5.56 Å². The van der Waals surface area contributed by atoms with Crippen molar-refractivity contribution in [3.63, 3.8) is 0 Å². The van der Waals surface area contributed by atoms with Crippen LogP contribution in [0.1, 0.15) is 45.2 Å². The van der Waals surface area contributed by atoms with Gasteiger partial charge < -0.3 is 4.98 Å². The molecule has 0 aliphatic carbocycles. The molecule has 2 aromatic rings. The normalized spacial score (nSPS) is 13.3. The quantitative estimate of drug-likeness (QED) is 0.770. The number of hydrogen-bond acceptors (Lipinski definition) is 1. The third-order valence-electron chi connectivity index (χ3n) is 3.68. The molecule has 2 rings (SSSR count). The van der Waals surface area contributed by atoms with Gasteiger partial charge in [0.05, 0.1) is 5.56 Å². The molecule has 2 nitrogen and oxygen atoms in total. The van der Waals surface area contributed by atoms with Gasteiger partial charge in [0.1, 0.15) is 0 Å². The molecule has 0 saturated heterocycles. The molecule has 1 heterocycles. The Balaban J connectivity index is 2.69. The summed E-state index contributed by atoms with van der Waals surface area (Å²) in [7, 11) is 0. The van der Waals surface area contributed by atoms with Crippen molar-refractivity contribution in [2.75, 3.05) is 0 Å². The summed E-state index contributed by atoms with van der Waals surface area (Å²) in [5.41, 5.74) is 0.356. The molecule has 5 heteroatoms. The molecule has 1 aromatic heterocycles. The Morgan fingerprint density at radius 1 is 1.17 bits per heavy atom. The fourth-order valence-electron chi connectivity index (χ4n) is 2.81. The Morgan fingerprint density at radius 2 is 1.83 bits per heavy atom. The van der Waals surface area contributed by atoms with Crippen molar-refractivity contribution in [3.8, 4) is 0 Å². The van der Waals surface area contributed by atoms with E-state index in [0.29, 0.717) is 17.9 Å². The average Bonchev–Trinajstić information content (AvgIpc) is 2.43. The maximum absolute atomic E-state index is 13.3. The van der Waals surface area contributed by atoms with Gasteiger partial charge in [-0.15, -0.1) is 0 Å². The van der Waals surface area contributed by atoms with Crippen LogP contribution in [0.5, 0.6) is 0 Å². The Kier molecular flexibility index (Phi) is 5.21. The van der Waals surface area contributed by atoms with Crippen LogP contribution in [0.2, 0.25) is 0 Å². The van der Waals surface area contributed by atoms with Gasteiger partial charge in [0.15, 0.2) is 0 Å². The molecule has 0 amide bonds. The lowest BCUT2D eigenvalue weighted by Gasteiger charge is -2.15. The van der Waals surface area contributed by atoms with Crippen molar-refractivity contribution in [2.45, 2.75) is 40.3 Å². The zero-order valence-electron chi connectivity index (χ0n) is 14.3. The van der Waals surface area contributed by atoms with Gasteiger partial charge in [-0.2, -0.15) is 13.2 Å². The monoisotopic (exact) mass is 337 g/mol. The number of fused-ring (bicyclic) bond motifs is 1. The van der Waals surface area contributed by atoms with Crippen molar-refractivity contribution in [1.82, 2.24) is 4.98 Å². The molecule has 130 valence electrons. The predicted molar refractivity (Wildman–Crippen MR) is 91.8 cm³/mol. The Bertz CT molecular complexity index is 813. The van der Waals surface area contributed by atoms with E-state index in [1.807, 2.05) is 13.8 Å². The van der Waals surface area contributed by atoms with Gasteiger partial charge in [-0.25, -0.2) is 0 Å². The number of aromatic amines is 1. The number of aromatic nitrogens is 1. The number of H-pyrrole nitrogens is 1. The SMILES string of the molecule is CC(C)/C=C(\CC(C)C)c1ccc2[nH]c(=O)cc(C(F)(F)F)c2c1. The number of rotatable bonds is 4. The van der Waals surface area contributed by atoms with Crippen LogP contribution in [0.4, 0.5) is 13.2 Å². The molecule has 1 N–H and O–H groups in total. The molecule has 0 fully saturated rings. The molecule has 1 aromatic carbocycles. The lowest BCUT2D eigenvalue weighted by atomic mass is 9.92. The Hall–Kier alpha value is -2.04. The molecule has 0 aliphatic heterocycles. The first-order chi connectivity index (χ1) is 11.1. The van der Waals surface area contributed by atoms with Crippen molar-refractivity contribution in [1.29, 1.82) is 0 Å². The van der Waals surface area contributed by atoms with Gasteiger partial charge in [-0.05, 0) is 41.5 Å². The summed E-state index contributed by atoms with van der Waals surface area (Å²) in [6.45, 7) is 8.24. The largest absolute Gasteiger partial charge is 0.417 e. The van der Waals surface area contributed by atoms with E-state index in [-0.39, 0.29) is 10.9 Å². The van der Waals surface area contributed by atoms with Crippen LogP contribution < -0.4 is 5.56 Å². The molecule has 0 saturated carbocycles. The van der Waals surface area contributed by atoms with Crippen LogP contribution in [-0.2, 0) is 6.18 Å². The van der Waals surface area contributed by atoms with Crippen LogP contribution in [0.15, 0.2) is 35.1 Å². The van der Waals surface area contributed by atoms with Crippen molar-refractivity contribution in [3.05, 3.63) is 51.8 Å². The second-order valence-electron chi connectivity index (χ2n) is 6.84. The number of hydrogen-bond donors (Lipinski definition) is 1. The van der Waals surface area contributed by atoms with Gasteiger partial charge in [-0.3, -0.25) is 4.79 Å². The number of benzene rings is 1. The fraction of sp³-hybridized carbons (Fsp3) is 0.421. The minimum Gasteiger partial charge on any atom is -0.322 e. The number of pyridine rings is 1. The second kappa shape index (κ2) is 6.83. The molecule has 24 heavy (non-hydrogen) atoms. The summed E-state index contributed by atoms with van der Waals surface area (Å²) in [4.78, 5) is 14.0. The number of alkyl halides is 3. The topological polar surface area (TPSA) is 32.9 Å². The Labute approximate surface area is 139 Å². The maximum Gasteiger partial charge on any atom is 0.417 e. The van der Waals surface area contributed by atoms with Crippen LogP contribution in [0.3, 0.4) is 0 Å². The van der Waals surface area contributed by atoms with E-state index in [0.717, 1.165) is 17.6 Å². The third kappa shape index (κ3) is 4.28. The van der Waals surface area contributed by atoms with Crippen LogP contribution in [0.25, 0.3) is 16.5 Å². The van der Waals surface area contributed by atoms with E-state index in [1.54, 1.807) is 12.1 Å². The van der Waals surface area contributed by atoms with E-state index in [4.69, 9.17) is 0 Å². The van der Waals surface area contributed by atoms with Crippen molar-refractivity contribution < 1.29 is 13.2 Å². The highest BCUT2D eigenvalue weighted by atomic mass is 19.4. The first-order valence-corrected chi connectivity index (χ1v) is 8.03. The minimum absolute atomic E-state index is 0.0259. The number of halogens is 3. The first-order valence-electron chi connectivity index (χ1n) is 8.03. The van der Waals surface area contributed by atoms with Crippen LogP contribution in [0, 0.1) is 11.8 Å². The molecule has 0 aliphatic rings. The van der Waals surface area contributed by atoms with E-state index >= 15 is 0 Å². The van der Waals surface area contributed by atoms with E-state index in [9.17, 15) is 18.0 Å². The average molecular weight is 337 g/mol. The van der Waals surface area contributed by atoms with Crippen LogP contribution >= 0.6 is 0 Å². The van der Waals surface area contributed by atoms with E-state index in [2.05, 4.69) is 24.9 Å². The van der Waals surface area contributed by atoms with Gasteiger partial charge in [-0.1, -0.05) is 39.8 Å². The van der Waals surface area contributed by atoms with Crippen LogP contribution in [-0.4, -0.2) is 4.98 Å². The standard InChI is InChI=1S/C19H22F3NO/c1-11(2)7-14(8-12(3)4)13-5-6-17-15(9-13)16(19(20,21)22)10-18(24)23-17/h5-7,9-12H,8H2,1-4H3,(H,23,24)/b14-7+. The summed E-state index contributed by atoms with van der Waals surface area (Å²) in [6.07, 6.45) is -1.69. The van der Waals surface area contributed by atoms with Crippen molar-refractivity contribution >= 4 is 16.5 Å². The van der Waals surface area contributed by atoms with Crippen molar-refractivity contribution in [2.24, 2.45) is 11.8 Å². The molecule has 0 bridgehead atoms. The minimum atomic E-state index is -4.56. The molecule has 0 atom stereocenters. The number of allylic oxidation sites excluding steroid dienone is 2. The highest BCUT2D eigenvalue weighted by Gasteiger charge is 2.33. The van der Waals surface area contributed by atoms with Gasteiger partial charge in [0, 0.05) is 17.0 Å². The molecule has 0 unspecified atom stereocenters. The highest BCUT2D eigenvalue weighted by Crippen LogP contribution is 2.35. The highest BCUT2D eigenvalue weighted by molar-refractivity contribution is 5.86. The maximum atomic E-state index is 13.3. The lowest BCUT2D eigenvalue weighted by Crippen LogP contribution is -2.14. The van der Waals surface area contributed by atoms with Gasteiger partial charge >= 0.3 is 6.18 Å². The number of nitrogens with one attached hydrogen (secondary N) is 1. The lowest BCUT2D eigenvalue weighted by molar-refractivity contribution is -0.136. The zero-order chi connectivity index (χ0) is 18.1. The summed E-state index contributed by atoms with van der Waals surface area (Å²) in [6, 6.07) is 5.48. The smallest absolute Gasteiger partial charge is 0.322 e. The van der Waals surface area contributed by atoms with Gasteiger partial charge in [0.25, 0.3) is 0 Å².